The molecular weight excluding hydrogens is 646 g/mol. The molecule has 4 rings (SSSR count). The summed E-state index contributed by atoms with van der Waals surface area (Å²) in [5.74, 6) is -1.56. The lowest BCUT2D eigenvalue weighted by molar-refractivity contribution is -0.120. The molecule has 1 aromatic heterocycles. The van der Waals surface area contributed by atoms with Gasteiger partial charge >= 0.3 is 0 Å². The van der Waals surface area contributed by atoms with E-state index in [1.54, 1.807) is 22.9 Å². The maximum absolute atomic E-state index is 15.2. The Morgan fingerprint density at radius 3 is 2.50 bits per heavy atom. The van der Waals surface area contributed by atoms with Gasteiger partial charge in [0.05, 0.1) is 34.1 Å². The molecule has 0 N–H and O–H groups in total. The lowest BCUT2D eigenvalue weighted by atomic mass is 9.98. The number of carbonyl (C=O) groups excluding carboxylic acids is 1. The monoisotopic (exact) mass is 671 g/mol. The van der Waals surface area contributed by atoms with Gasteiger partial charge in [0, 0.05) is 59.5 Å². The van der Waals surface area contributed by atoms with E-state index in [0.29, 0.717) is 37.1 Å². The topological polar surface area (TPSA) is 52.0 Å². The molecule has 3 heterocycles. The number of hydrogen-bond acceptors (Lipinski definition) is 5. The van der Waals surface area contributed by atoms with Gasteiger partial charge < -0.3 is 14.7 Å². The molecule has 1 saturated heterocycles. The lowest BCUT2D eigenvalue weighted by Crippen LogP contribution is -2.64. The first-order valence-electron chi connectivity index (χ1n) is 10.4. The Hall–Kier alpha value is -1.06. The molecule has 0 spiro atoms. The highest BCUT2D eigenvalue weighted by Gasteiger charge is 2.45. The number of benzene rings is 1. The summed E-state index contributed by atoms with van der Waals surface area (Å²) in [5, 5.41) is 0.318. The number of fused-ring (bicyclic) bond motifs is 5. The fourth-order valence-electron chi connectivity index (χ4n) is 4.49. The summed E-state index contributed by atoms with van der Waals surface area (Å²) >= 11 is 3.96. The molecule has 1 aromatic carbocycles. The van der Waals surface area contributed by atoms with E-state index >= 15 is 4.39 Å². The first-order valence-corrected chi connectivity index (χ1v) is 12.4. The van der Waals surface area contributed by atoms with Crippen LogP contribution in [0.1, 0.15) is 18.9 Å². The van der Waals surface area contributed by atoms with Crippen LogP contribution in [0.4, 0.5) is 20.2 Å². The predicted octanol–water partition coefficient (Wildman–Crippen LogP) is 3.31. The van der Waals surface area contributed by atoms with Crippen molar-refractivity contribution in [2.45, 2.75) is 32.4 Å². The number of piperazine rings is 1. The van der Waals surface area contributed by atoms with Crippen LogP contribution in [0.5, 0.6) is 0 Å². The van der Waals surface area contributed by atoms with Gasteiger partial charge in [0.2, 0.25) is 0 Å². The fourth-order valence-corrected chi connectivity index (χ4v) is 5.74. The minimum absolute atomic E-state index is 0.0548. The molecule has 7 nitrogen and oxygen atoms in total. The van der Waals surface area contributed by atoms with Gasteiger partial charge in [0.15, 0.2) is 5.82 Å². The van der Waals surface area contributed by atoms with Crippen LogP contribution in [0, 0.1) is 18.6 Å². The maximum atomic E-state index is 15.2. The summed E-state index contributed by atoms with van der Waals surface area (Å²) in [6, 6.07) is 0.882. The zero-order chi connectivity index (χ0) is 23.5. The number of hydrogen-bond donors (Lipinski definition) is 0. The van der Waals surface area contributed by atoms with Crippen LogP contribution in [0.2, 0.25) is 0 Å². The molecule has 1 fully saturated rings. The van der Waals surface area contributed by atoms with Crippen LogP contribution in [0.15, 0.2) is 10.9 Å². The van der Waals surface area contributed by atoms with Crippen LogP contribution in [-0.2, 0) is 4.79 Å². The Balaban J connectivity index is 2.01. The first-order chi connectivity index (χ1) is 15.0. The highest BCUT2D eigenvalue weighted by Crippen LogP contribution is 2.43. The van der Waals surface area contributed by atoms with Gasteiger partial charge in [0.1, 0.15) is 17.5 Å². The van der Waals surface area contributed by atoms with Gasteiger partial charge in [-0.15, -0.1) is 0 Å². The molecule has 0 saturated carbocycles. The number of halogens is 4. The van der Waals surface area contributed by atoms with E-state index in [1.165, 1.54) is 20.7 Å². The lowest BCUT2D eigenvalue weighted by Gasteiger charge is -2.49. The zero-order valence-electron chi connectivity index (χ0n) is 18.3. The minimum atomic E-state index is -0.748. The van der Waals surface area contributed by atoms with Crippen molar-refractivity contribution in [2.75, 3.05) is 50.1 Å². The summed E-state index contributed by atoms with van der Waals surface area (Å²) in [6.45, 7) is 5.45. The van der Waals surface area contributed by atoms with Crippen LogP contribution < -0.4 is 15.4 Å². The van der Waals surface area contributed by atoms with E-state index < -0.39 is 23.2 Å². The Morgan fingerprint density at radius 2 is 1.84 bits per heavy atom. The zero-order valence-corrected chi connectivity index (χ0v) is 22.6. The number of amides is 1. The summed E-state index contributed by atoms with van der Waals surface area (Å²) in [5.41, 5.74) is 0.141. The second-order valence-corrected chi connectivity index (χ2v) is 10.9. The van der Waals surface area contributed by atoms with Gasteiger partial charge in [-0.2, -0.15) is 0 Å². The van der Waals surface area contributed by atoms with Crippen LogP contribution >= 0.6 is 45.7 Å². The molecule has 2 unspecified atom stereocenters. The molecule has 2 aliphatic heterocycles. The van der Waals surface area contributed by atoms with Crippen molar-refractivity contribution in [3.8, 4) is 0 Å². The van der Waals surface area contributed by atoms with Crippen LogP contribution in [0.25, 0.3) is 10.9 Å². The van der Waals surface area contributed by atoms with Crippen molar-refractivity contribution in [1.82, 2.24) is 10.8 Å². The molecular formula is C21H25F2I2N5O2. The molecule has 2 aliphatic rings. The fraction of sp³-hybridized carbons (Fsp3) is 0.524. The second-order valence-electron chi connectivity index (χ2n) is 8.72. The van der Waals surface area contributed by atoms with Gasteiger partial charge in [-0.3, -0.25) is 9.59 Å². The van der Waals surface area contributed by atoms with Gasteiger partial charge in [-0.1, -0.05) is 0 Å². The quantitative estimate of drug-likeness (QED) is 0.369. The summed E-state index contributed by atoms with van der Waals surface area (Å²) < 4.78 is 33.1. The van der Waals surface area contributed by atoms with Gasteiger partial charge in [-0.25, -0.2) is 14.7 Å². The molecule has 0 radical (unpaired) electrons. The van der Waals surface area contributed by atoms with E-state index in [1.807, 2.05) is 30.8 Å². The number of nitrogens with zero attached hydrogens (tertiary/aromatic N) is 5. The van der Waals surface area contributed by atoms with Crippen molar-refractivity contribution < 1.29 is 13.6 Å². The smallest absolute Gasteiger partial charge is 0.286 e. The van der Waals surface area contributed by atoms with Gasteiger partial charge in [-0.05, 0) is 47.0 Å². The van der Waals surface area contributed by atoms with E-state index in [-0.39, 0.29) is 28.7 Å². The summed E-state index contributed by atoms with van der Waals surface area (Å²) in [4.78, 5) is 32.5. The predicted molar refractivity (Wildman–Crippen MR) is 139 cm³/mol. The Kier molecular flexibility index (Phi) is 6.73. The number of pyridine rings is 1. The number of rotatable bonds is 4. The van der Waals surface area contributed by atoms with Crippen molar-refractivity contribution in [2.24, 2.45) is 0 Å². The van der Waals surface area contributed by atoms with Gasteiger partial charge in [0.25, 0.3) is 11.5 Å². The Labute approximate surface area is 213 Å². The highest BCUT2D eigenvalue weighted by molar-refractivity contribution is 14.1. The first kappa shape index (κ1) is 24.1. The third kappa shape index (κ3) is 3.82. The largest absolute Gasteiger partial charge is 0.354 e. The molecule has 32 heavy (non-hydrogen) atoms. The van der Waals surface area contributed by atoms with E-state index in [4.69, 9.17) is 0 Å². The standard InChI is InChI=1S/C21H25F2I2N5O2/c1-11-9-28-15(10-29(11)24)20(31)27(7-5-6-26(3)4)19-18(28)13-8-14(22)12(2)16(23)17(13)30(25)21(19)32/h8,11,15H,5-7,9-10H2,1-4H3. The van der Waals surface area contributed by atoms with Crippen molar-refractivity contribution in [3.05, 3.63) is 33.6 Å². The van der Waals surface area contributed by atoms with Crippen LogP contribution in [0.3, 0.4) is 0 Å². The third-order valence-corrected chi connectivity index (χ3v) is 8.50. The van der Waals surface area contributed by atoms with Crippen molar-refractivity contribution in [1.29, 1.82) is 0 Å². The SMILES string of the molecule is Cc1c(F)cc2c3c(c(=O)n(I)c2c1F)N(CCCN(C)C)C(=O)C1CN(I)C(C)CN31. The molecule has 0 bridgehead atoms. The molecule has 11 heteroatoms. The Morgan fingerprint density at radius 1 is 1.16 bits per heavy atom. The van der Waals surface area contributed by atoms with Crippen molar-refractivity contribution >= 4 is 73.9 Å². The maximum Gasteiger partial charge on any atom is 0.286 e. The normalized spacial score (nSPS) is 21.5. The van der Waals surface area contributed by atoms with E-state index in [0.717, 1.165) is 6.54 Å². The highest BCUT2D eigenvalue weighted by atomic mass is 127. The molecule has 174 valence electrons. The van der Waals surface area contributed by atoms with Crippen molar-refractivity contribution in [3.63, 3.8) is 0 Å². The third-order valence-electron chi connectivity index (χ3n) is 6.24. The number of aromatic nitrogens is 1. The van der Waals surface area contributed by atoms with E-state index in [9.17, 15) is 14.0 Å². The average Bonchev–Trinajstić information content (AvgIpc) is 2.72. The number of anilines is 2. The molecule has 1 amide bonds. The molecule has 2 atom stereocenters. The average molecular weight is 671 g/mol. The second kappa shape index (κ2) is 8.95. The summed E-state index contributed by atoms with van der Waals surface area (Å²) in [6.07, 6.45) is 0.671. The van der Waals surface area contributed by atoms with E-state index in [2.05, 4.69) is 26.0 Å². The Bertz CT molecular complexity index is 1160. The summed E-state index contributed by atoms with van der Waals surface area (Å²) in [7, 11) is 3.90. The minimum Gasteiger partial charge on any atom is -0.354 e. The van der Waals surface area contributed by atoms with Crippen LogP contribution in [-0.4, -0.2) is 69.1 Å². The molecule has 2 aromatic rings. The molecule has 0 aliphatic carbocycles. The number of carbonyl (C=O) groups is 1.